The minimum absolute atomic E-state index is 0.0506. The van der Waals surface area contributed by atoms with Crippen molar-refractivity contribution in [1.82, 2.24) is 9.78 Å². The smallest absolute Gasteiger partial charge is 0.476 e. The molecule has 0 aliphatic heterocycles. The number of aromatic nitrogens is 2. The van der Waals surface area contributed by atoms with Gasteiger partial charge in [-0.25, -0.2) is 9.59 Å². The number of rotatable bonds is 7. The van der Waals surface area contributed by atoms with Gasteiger partial charge in [0.25, 0.3) is 0 Å². The molecule has 0 unspecified atom stereocenters. The maximum Gasteiger partial charge on any atom is 0.490 e. The van der Waals surface area contributed by atoms with Crippen LogP contribution in [0.25, 0.3) is 0 Å². The van der Waals surface area contributed by atoms with E-state index >= 15 is 0 Å². The van der Waals surface area contributed by atoms with E-state index in [9.17, 15) is 22.8 Å². The minimum atomic E-state index is -5.08. The Morgan fingerprint density at radius 3 is 2.20 bits per heavy atom. The first-order chi connectivity index (χ1) is 13.9. The predicted octanol–water partition coefficient (Wildman–Crippen LogP) is 2.47. The summed E-state index contributed by atoms with van der Waals surface area (Å²) in [7, 11) is 3.06. The highest BCUT2D eigenvalue weighted by Gasteiger charge is 2.38. The van der Waals surface area contributed by atoms with Crippen LogP contribution in [0.5, 0.6) is 0 Å². The van der Waals surface area contributed by atoms with Crippen LogP contribution >= 0.6 is 0 Å². The third-order valence-corrected chi connectivity index (χ3v) is 3.63. The fourth-order valence-corrected chi connectivity index (χ4v) is 2.18. The van der Waals surface area contributed by atoms with Crippen molar-refractivity contribution in [2.75, 3.05) is 12.4 Å². The third-order valence-electron chi connectivity index (χ3n) is 3.63. The molecule has 12 heteroatoms. The highest BCUT2D eigenvalue weighted by atomic mass is 19.4. The number of halogens is 3. The lowest BCUT2D eigenvalue weighted by Gasteiger charge is -2.07. The quantitative estimate of drug-likeness (QED) is 0.570. The van der Waals surface area contributed by atoms with Crippen molar-refractivity contribution in [2.24, 2.45) is 7.05 Å². The molecule has 0 saturated carbocycles. The Morgan fingerprint density at radius 2 is 1.73 bits per heavy atom. The molecule has 0 saturated heterocycles. The van der Waals surface area contributed by atoms with Gasteiger partial charge < -0.3 is 20.3 Å². The maximum absolute atomic E-state index is 11.1. The van der Waals surface area contributed by atoms with Crippen LogP contribution in [0.3, 0.4) is 0 Å². The van der Waals surface area contributed by atoms with E-state index in [-0.39, 0.29) is 11.7 Å². The van der Waals surface area contributed by atoms with E-state index < -0.39 is 18.1 Å². The van der Waals surface area contributed by atoms with Crippen molar-refractivity contribution in [2.45, 2.75) is 25.6 Å². The van der Waals surface area contributed by atoms with Crippen LogP contribution in [0.2, 0.25) is 0 Å². The number of aliphatic carboxylic acids is 1. The number of carbonyl (C=O) groups is 3. The number of aryl methyl sites for hydroxylation is 2. The lowest BCUT2D eigenvalue weighted by Crippen LogP contribution is -2.21. The topological polar surface area (TPSA) is 131 Å². The number of anilines is 1. The third kappa shape index (κ3) is 8.20. The number of hydrogen-bond acceptors (Lipinski definition) is 6. The monoisotopic (exact) mass is 431 g/mol. The first kappa shape index (κ1) is 24.5. The maximum atomic E-state index is 11.1. The van der Waals surface area contributed by atoms with Crippen molar-refractivity contribution in [3.05, 3.63) is 47.3 Å². The molecular formula is C18H20F3N3O6. The number of nitrogens with zero attached hydrogens (tertiary/aromatic N) is 2. The van der Waals surface area contributed by atoms with E-state index in [1.165, 1.54) is 11.8 Å². The Hall–Kier alpha value is -3.57. The van der Waals surface area contributed by atoms with E-state index in [0.717, 1.165) is 11.3 Å². The summed E-state index contributed by atoms with van der Waals surface area (Å²) in [6, 6.07) is 7.63. The van der Waals surface area contributed by atoms with E-state index in [2.05, 4.69) is 15.2 Å². The summed E-state index contributed by atoms with van der Waals surface area (Å²) in [4.78, 5) is 31.1. The van der Waals surface area contributed by atoms with E-state index in [0.29, 0.717) is 24.9 Å². The van der Waals surface area contributed by atoms with Gasteiger partial charge in [-0.05, 0) is 24.1 Å². The number of carboxylic acids is 2. The second-order valence-electron chi connectivity index (χ2n) is 5.91. The van der Waals surface area contributed by atoms with Crippen LogP contribution in [0.4, 0.5) is 18.9 Å². The van der Waals surface area contributed by atoms with E-state index in [1.54, 1.807) is 13.2 Å². The van der Waals surface area contributed by atoms with Crippen LogP contribution in [0.1, 0.15) is 28.0 Å². The molecule has 0 radical (unpaired) electrons. The molecule has 1 aromatic carbocycles. The van der Waals surface area contributed by atoms with E-state index in [4.69, 9.17) is 15.0 Å². The van der Waals surface area contributed by atoms with Gasteiger partial charge >= 0.3 is 24.1 Å². The van der Waals surface area contributed by atoms with Gasteiger partial charge in [-0.15, -0.1) is 0 Å². The standard InChI is InChI=1S/C16H19N3O4.C2HF3O2/c1-19-10-12(15(18-19)16(21)22)9-17-13-6-3-11(4-7-13)5-8-14(20)23-2;3-2(4,5)1(6)7/h3-4,6-7,10,17H,5,8-9H2,1-2H3,(H,21,22);(H,6,7). The van der Waals surface area contributed by atoms with Crippen molar-refractivity contribution < 1.29 is 42.5 Å². The molecule has 30 heavy (non-hydrogen) atoms. The van der Waals surface area contributed by atoms with Gasteiger partial charge in [-0.1, -0.05) is 12.1 Å². The Labute approximate surface area is 169 Å². The average Bonchev–Trinajstić information content (AvgIpc) is 3.06. The number of alkyl halides is 3. The number of methoxy groups -OCH3 is 1. The summed E-state index contributed by atoms with van der Waals surface area (Å²) in [6.07, 6.45) is -2.43. The van der Waals surface area contributed by atoms with E-state index in [1.807, 2.05) is 24.3 Å². The molecule has 1 heterocycles. The molecule has 0 atom stereocenters. The van der Waals surface area contributed by atoms with Crippen LogP contribution < -0.4 is 5.32 Å². The first-order valence-electron chi connectivity index (χ1n) is 8.39. The molecule has 2 aromatic rings. The summed E-state index contributed by atoms with van der Waals surface area (Å²) in [5.41, 5.74) is 2.57. The molecule has 0 spiro atoms. The van der Waals surface area contributed by atoms with Crippen LogP contribution in [-0.4, -0.2) is 51.2 Å². The van der Waals surface area contributed by atoms with Gasteiger partial charge in [0, 0.05) is 37.5 Å². The highest BCUT2D eigenvalue weighted by Crippen LogP contribution is 2.14. The van der Waals surface area contributed by atoms with Crippen LogP contribution in [0.15, 0.2) is 30.5 Å². The summed E-state index contributed by atoms with van der Waals surface area (Å²) in [5.74, 6) is -4.03. The van der Waals surface area contributed by atoms with Crippen molar-refractivity contribution >= 4 is 23.6 Å². The summed E-state index contributed by atoms with van der Waals surface area (Å²) < 4.78 is 37.8. The number of carboxylic acid groups (broad SMARTS) is 2. The van der Waals surface area contributed by atoms with Gasteiger partial charge in [-0.2, -0.15) is 18.3 Å². The zero-order chi connectivity index (χ0) is 22.9. The number of hydrogen-bond donors (Lipinski definition) is 3. The van der Waals surface area contributed by atoms with Gasteiger partial charge in [0.1, 0.15) is 0 Å². The molecule has 0 fully saturated rings. The summed E-state index contributed by atoms with van der Waals surface area (Å²) in [6.45, 7) is 0.372. The molecule has 9 nitrogen and oxygen atoms in total. The fourth-order valence-electron chi connectivity index (χ4n) is 2.18. The average molecular weight is 431 g/mol. The van der Waals surface area contributed by atoms with Crippen molar-refractivity contribution in [3.8, 4) is 0 Å². The van der Waals surface area contributed by atoms with Gasteiger partial charge in [0.2, 0.25) is 0 Å². The minimum Gasteiger partial charge on any atom is -0.476 e. The highest BCUT2D eigenvalue weighted by molar-refractivity contribution is 5.87. The number of nitrogens with one attached hydrogen (secondary N) is 1. The zero-order valence-corrected chi connectivity index (χ0v) is 16.1. The number of esters is 1. The molecule has 3 N–H and O–H groups in total. The fraction of sp³-hybridized carbons (Fsp3) is 0.333. The Kier molecular flexibility index (Phi) is 8.84. The van der Waals surface area contributed by atoms with Crippen molar-refractivity contribution in [1.29, 1.82) is 0 Å². The summed E-state index contributed by atoms with van der Waals surface area (Å²) >= 11 is 0. The van der Waals surface area contributed by atoms with Crippen molar-refractivity contribution in [3.63, 3.8) is 0 Å². The number of ether oxygens (including phenoxy) is 1. The molecule has 0 aliphatic carbocycles. The van der Waals surface area contributed by atoms with Crippen LogP contribution in [0, 0.1) is 0 Å². The normalized spacial score (nSPS) is 10.6. The molecule has 1 aromatic heterocycles. The second kappa shape index (κ2) is 10.8. The Morgan fingerprint density at radius 1 is 1.17 bits per heavy atom. The first-order valence-corrected chi connectivity index (χ1v) is 8.39. The molecular weight excluding hydrogens is 411 g/mol. The lowest BCUT2D eigenvalue weighted by molar-refractivity contribution is -0.192. The molecule has 164 valence electrons. The predicted molar refractivity (Wildman–Crippen MR) is 98.0 cm³/mol. The SMILES string of the molecule is COC(=O)CCc1ccc(NCc2cn(C)nc2C(=O)O)cc1.O=C(O)C(F)(F)F. The van der Waals surface area contributed by atoms with Gasteiger partial charge in [0.05, 0.1) is 7.11 Å². The number of aromatic carboxylic acids is 1. The number of benzene rings is 1. The molecule has 0 aliphatic rings. The molecule has 0 amide bonds. The Bertz CT molecular complexity index is 878. The molecule has 2 rings (SSSR count). The molecule has 0 bridgehead atoms. The largest absolute Gasteiger partial charge is 0.490 e. The van der Waals surface area contributed by atoms with Crippen LogP contribution in [-0.2, 0) is 34.3 Å². The number of carbonyl (C=O) groups excluding carboxylic acids is 1. The van der Waals surface area contributed by atoms with Gasteiger partial charge in [-0.3, -0.25) is 9.48 Å². The Balaban J connectivity index is 0.000000553. The zero-order valence-electron chi connectivity index (χ0n) is 16.1. The van der Waals surface area contributed by atoms with Gasteiger partial charge in [0.15, 0.2) is 5.69 Å². The summed E-state index contributed by atoms with van der Waals surface area (Å²) in [5, 5.41) is 23.3. The second-order valence-corrected chi connectivity index (χ2v) is 5.91. The lowest BCUT2D eigenvalue weighted by atomic mass is 10.1.